The Morgan fingerprint density at radius 2 is 2.00 bits per heavy atom. The van der Waals surface area contributed by atoms with Crippen molar-refractivity contribution in [1.82, 2.24) is 4.90 Å². The maximum atomic E-state index is 5.80. The predicted molar refractivity (Wildman–Crippen MR) is 85.2 cm³/mol. The third-order valence-corrected chi connectivity index (χ3v) is 3.33. The Morgan fingerprint density at radius 1 is 1.37 bits per heavy atom. The summed E-state index contributed by atoms with van der Waals surface area (Å²) >= 11 is 0. The highest BCUT2D eigenvalue weighted by Crippen LogP contribution is 2.34. The van der Waals surface area contributed by atoms with E-state index in [-0.39, 0.29) is 5.60 Å². The van der Waals surface area contributed by atoms with Crippen molar-refractivity contribution in [2.45, 2.75) is 39.7 Å². The molecule has 0 aliphatic carbocycles. The second-order valence-electron chi connectivity index (χ2n) is 4.46. The van der Waals surface area contributed by atoms with Gasteiger partial charge in [-0.2, -0.15) is 0 Å². The molecule has 0 aromatic carbocycles. The van der Waals surface area contributed by atoms with Gasteiger partial charge in [-0.25, -0.2) is 0 Å². The molecule has 0 saturated carbocycles. The minimum Gasteiger partial charge on any atom is -0.372 e. The fourth-order valence-corrected chi connectivity index (χ4v) is 2.29. The highest BCUT2D eigenvalue weighted by atomic mass is 16.5. The van der Waals surface area contributed by atoms with Gasteiger partial charge in [0, 0.05) is 19.4 Å². The van der Waals surface area contributed by atoms with Crippen LogP contribution in [0.25, 0.3) is 0 Å². The van der Waals surface area contributed by atoms with E-state index >= 15 is 0 Å². The zero-order chi connectivity index (χ0) is 14.9. The lowest BCUT2D eigenvalue weighted by atomic mass is 9.91. The molecule has 0 spiro atoms. The van der Waals surface area contributed by atoms with Crippen molar-refractivity contribution in [3.05, 3.63) is 48.7 Å². The zero-order valence-corrected chi connectivity index (χ0v) is 13.2. The molecule has 108 valence electrons. The molecule has 2 nitrogen and oxygen atoms in total. The number of hydrogen-bond donors (Lipinski definition) is 0. The van der Waals surface area contributed by atoms with Crippen LogP contribution in [0.1, 0.15) is 34.1 Å². The quantitative estimate of drug-likeness (QED) is 0.685. The summed E-state index contributed by atoms with van der Waals surface area (Å²) in [5.41, 5.74) is 2.06. The van der Waals surface area contributed by atoms with Crippen molar-refractivity contribution in [2.75, 3.05) is 20.2 Å². The Balaban J connectivity index is 0.00000154. The second-order valence-corrected chi connectivity index (χ2v) is 4.46. The fourth-order valence-electron chi connectivity index (χ4n) is 2.29. The molecule has 1 aliphatic rings. The van der Waals surface area contributed by atoms with Crippen LogP contribution < -0.4 is 0 Å². The molecular formula is C17H29NO. The predicted octanol–water partition coefficient (Wildman–Crippen LogP) is 4.33. The van der Waals surface area contributed by atoms with Crippen molar-refractivity contribution in [3.8, 4) is 0 Å². The highest BCUT2D eigenvalue weighted by Gasteiger charge is 2.40. The van der Waals surface area contributed by atoms with Crippen molar-refractivity contribution < 1.29 is 4.74 Å². The van der Waals surface area contributed by atoms with Crippen LogP contribution in [0.2, 0.25) is 0 Å². The van der Waals surface area contributed by atoms with E-state index < -0.39 is 0 Å². The van der Waals surface area contributed by atoms with Crippen LogP contribution in [0.15, 0.2) is 48.7 Å². The van der Waals surface area contributed by atoms with Crippen molar-refractivity contribution in [1.29, 1.82) is 0 Å². The van der Waals surface area contributed by atoms with Gasteiger partial charge in [-0.3, -0.25) is 0 Å². The minimum atomic E-state index is -0.223. The Hall–Kier alpha value is -1.28. The number of rotatable bonds is 5. The summed E-state index contributed by atoms with van der Waals surface area (Å²) in [7, 11) is 1.78. The Labute approximate surface area is 119 Å². The summed E-state index contributed by atoms with van der Waals surface area (Å²) in [6, 6.07) is 0. The van der Waals surface area contributed by atoms with Gasteiger partial charge in [0.1, 0.15) is 5.60 Å². The van der Waals surface area contributed by atoms with Crippen LogP contribution >= 0.6 is 0 Å². The van der Waals surface area contributed by atoms with Gasteiger partial charge in [0.25, 0.3) is 0 Å². The van der Waals surface area contributed by atoms with E-state index in [4.69, 9.17) is 4.74 Å². The Kier molecular flexibility index (Phi) is 8.17. The number of methoxy groups -OCH3 is 1. The van der Waals surface area contributed by atoms with Gasteiger partial charge in [0.05, 0.1) is 6.54 Å². The number of likely N-dealkylation sites (tertiary alicyclic amines) is 1. The molecule has 0 bridgehead atoms. The summed E-state index contributed by atoms with van der Waals surface area (Å²) in [6.45, 7) is 17.7. The molecule has 0 amide bonds. The van der Waals surface area contributed by atoms with Crippen LogP contribution in [0.4, 0.5) is 0 Å². The SMILES string of the molecule is C=C/C=C(\C=C/C)C1(OC)CCN(C(=C)C)C1.CC. The number of hydrogen-bond acceptors (Lipinski definition) is 2. The average Bonchev–Trinajstić information content (AvgIpc) is 2.87. The molecule has 0 N–H and O–H groups in total. The lowest BCUT2D eigenvalue weighted by Gasteiger charge is -2.30. The lowest BCUT2D eigenvalue weighted by Crippen LogP contribution is -2.36. The van der Waals surface area contributed by atoms with Crippen molar-refractivity contribution in [2.24, 2.45) is 0 Å². The maximum Gasteiger partial charge on any atom is 0.112 e. The molecule has 1 saturated heterocycles. The third-order valence-electron chi connectivity index (χ3n) is 3.33. The van der Waals surface area contributed by atoms with Gasteiger partial charge in [0.15, 0.2) is 0 Å². The molecule has 0 radical (unpaired) electrons. The first-order valence-corrected chi connectivity index (χ1v) is 7.01. The van der Waals surface area contributed by atoms with Gasteiger partial charge in [-0.05, 0) is 25.8 Å². The summed E-state index contributed by atoms with van der Waals surface area (Å²) in [5, 5.41) is 0. The molecule has 2 heteroatoms. The summed E-state index contributed by atoms with van der Waals surface area (Å²) in [5.74, 6) is 0. The van der Waals surface area contributed by atoms with Crippen LogP contribution in [-0.4, -0.2) is 30.7 Å². The van der Waals surface area contributed by atoms with E-state index in [1.165, 1.54) is 5.57 Å². The highest BCUT2D eigenvalue weighted by molar-refractivity contribution is 5.34. The lowest BCUT2D eigenvalue weighted by molar-refractivity contribution is 0.0356. The van der Waals surface area contributed by atoms with E-state index in [0.717, 1.165) is 25.2 Å². The second kappa shape index (κ2) is 8.76. The topological polar surface area (TPSA) is 12.5 Å². The molecule has 1 atom stereocenters. The maximum absolute atomic E-state index is 5.80. The van der Waals surface area contributed by atoms with E-state index in [1.54, 1.807) is 7.11 Å². The van der Waals surface area contributed by atoms with Crippen molar-refractivity contribution in [3.63, 3.8) is 0 Å². The third kappa shape index (κ3) is 4.39. The monoisotopic (exact) mass is 263 g/mol. The molecule has 19 heavy (non-hydrogen) atoms. The first-order chi connectivity index (χ1) is 9.09. The number of ether oxygens (including phenoxy) is 1. The smallest absolute Gasteiger partial charge is 0.112 e. The fraction of sp³-hybridized carbons (Fsp3) is 0.529. The van der Waals surface area contributed by atoms with Gasteiger partial charge in [-0.15, -0.1) is 0 Å². The molecule has 1 unspecified atom stereocenters. The molecule has 1 rings (SSSR count). The van der Waals surface area contributed by atoms with Crippen LogP contribution in [0, 0.1) is 0 Å². The van der Waals surface area contributed by atoms with Crippen LogP contribution in [0.5, 0.6) is 0 Å². The molecule has 0 aromatic rings. The van der Waals surface area contributed by atoms with E-state index in [9.17, 15) is 0 Å². The zero-order valence-electron chi connectivity index (χ0n) is 13.2. The average molecular weight is 263 g/mol. The van der Waals surface area contributed by atoms with E-state index in [2.05, 4.69) is 24.1 Å². The summed E-state index contributed by atoms with van der Waals surface area (Å²) < 4.78 is 5.80. The van der Waals surface area contributed by atoms with Gasteiger partial charge < -0.3 is 9.64 Å². The summed E-state index contributed by atoms with van der Waals surface area (Å²) in [6.07, 6.45) is 8.98. The van der Waals surface area contributed by atoms with Gasteiger partial charge >= 0.3 is 0 Å². The molecular weight excluding hydrogens is 234 g/mol. The van der Waals surface area contributed by atoms with Crippen LogP contribution in [-0.2, 0) is 4.74 Å². The Bertz CT molecular complexity index is 354. The summed E-state index contributed by atoms with van der Waals surface area (Å²) in [4.78, 5) is 2.27. The van der Waals surface area contributed by atoms with Crippen LogP contribution in [0.3, 0.4) is 0 Å². The molecule has 1 fully saturated rings. The van der Waals surface area contributed by atoms with E-state index in [0.29, 0.717) is 0 Å². The number of allylic oxidation sites excluding steroid dienone is 4. The van der Waals surface area contributed by atoms with Crippen molar-refractivity contribution >= 4 is 0 Å². The first-order valence-electron chi connectivity index (χ1n) is 7.01. The molecule has 1 heterocycles. The first kappa shape index (κ1) is 17.7. The minimum absolute atomic E-state index is 0.223. The molecule has 0 aromatic heterocycles. The Morgan fingerprint density at radius 3 is 2.37 bits per heavy atom. The number of nitrogens with zero attached hydrogens (tertiary/aromatic N) is 1. The van der Waals surface area contributed by atoms with E-state index in [1.807, 2.05) is 45.9 Å². The normalized spacial score (nSPS) is 23.2. The van der Waals surface area contributed by atoms with Gasteiger partial charge in [-0.1, -0.05) is 51.3 Å². The largest absolute Gasteiger partial charge is 0.372 e. The van der Waals surface area contributed by atoms with Gasteiger partial charge in [0.2, 0.25) is 0 Å². The standard InChI is InChI=1S/C15H23NO.C2H6/c1-6-8-14(9-7-2)15(17-5)10-11-16(12-15)13(3)4;1-2/h6-9H,1,3,10-12H2,2,4-5H3;1-2H3/b9-7-,14-8+;. The molecule has 1 aliphatic heterocycles.